The van der Waals surface area contributed by atoms with Gasteiger partial charge >= 0.3 is 0 Å². The summed E-state index contributed by atoms with van der Waals surface area (Å²) in [6.07, 6.45) is 1.48. The van der Waals surface area contributed by atoms with Crippen molar-refractivity contribution in [3.63, 3.8) is 0 Å². The highest BCUT2D eigenvalue weighted by Crippen LogP contribution is 2.30. The van der Waals surface area contributed by atoms with Gasteiger partial charge in [0.15, 0.2) is 0 Å². The maximum absolute atomic E-state index is 13.1. The molecule has 0 aliphatic heterocycles. The maximum atomic E-state index is 13.1. The lowest BCUT2D eigenvalue weighted by atomic mass is 10.1. The third-order valence-electron chi connectivity index (χ3n) is 2.04. The van der Waals surface area contributed by atoms with Crippen LogP contribution in [0.4, 0.5) is 10.1 Å². The third-order valence-corrected chi connectivity index (χ3v) is 2.64. The Bertz CT molecular complexity index is 589. The molecule has 0 bridgehead atoms. The molecule has 74 valence electrons. The van der Waals surface area contributed by atoms with Crippen molar-refractivity contribution in [3.05, 3.63) is 34.3 Å². The number of nitrogens with zero attached hydrogens (tertiary/aromatic N) is 2. The molecule has 0 amide bonds. The van der Waals surface area contributed by atoms with Crippen LogP contribution in [0, 0.1) is 17.1 Å². The molecule has 15 heavy (non-hydrogen) atoms. The molecular formula is C10H5BrFN3. The minimum atomic E-state index is -0.476. The number of fused-ring (bicyclic) bond motifs is 1. The number of nitriles is 1. The molecule has 2 aromatic rings. The Morgan fingerprint density at radius 2 is 2.20 bits per heavy atom. The van der Waals surface area contributed by atoms with Crippen LogP contribution in [-0.2, 0) is 0 Å². The fraction of sp³-hybridized carbons (Fsp3) is 0. The summed E-state index contributed by atoms with van der Waals surface area (Å²) >= 11 is 3.26. The zero-order valence-corrected chi connectivity index (χ0v) is 9.05. The van der Waals surface area contributed by atoms with E-state index < -0.39 is 5.82 Å². The molecule has 2 rings (SSSR count). The normalized spacial score (nSPS) is 10.2. The lowest BCUT2D eigenvalue weighted by Crippen LogP contribution is -1.94. The van der Waals surface area contributed by atoms with Crippen LogP contribution in [0.1, 0.15) is 5.69 Å². The average Bonchev–Trinajstić information content (AvgIpc) is 2.17. The zero-order valence-electron chi connectivity index (χ0n) is 7.46. The number of aromatic nitrogens is 1. The molecule has 0 saturated heterocycles. The number of pyridine rings is 1. The predicted octanol–water partition coefficient (Wildman–Crippen LogP) is 2.59. The second kappa shape index (κ2) is 3.48. The standard InChI is InChI=1S/C10H5BrFN3/c11-7-4-15-9(3-13)6-1-5(12)2-8(14)10(6)7/h1-2,4H,14H2. The number of nitrogens with two attached hydrogens (primary N) is 1. The highest BCUT2D eigenvalue weighted by Gasteiger charge is 2.10. The van der Waals surface area contributed by atoms with Crippen LogP contribution >= 0.6 is 15.9 Å². The summed E-state index contributed by atoms with van der Waals surface area (Å²) in [4.78, 5) is 3.88. The first-order valence-corrected chi connectivity index (χ1v) is 4.86. The Morgan fingerprint density at radius 3 is 2.87 bits per heavy atom. The Kier molecular flexibility index (Phi) is 2.29. The van der Waals surface area contributed by atoms with Crippen LogP contribution in [0.15, 0.2) is 22.8 Å². The summed E-state index contributed by atoms with van der Waals surface area (Å²) < 4.78 is 13.8. The molecule has 2 N–H and O–H groups in total. The quantitative estimate of drug-likeness (QED) is 0.745. The van der Waals surface area contributed by atoms with Crippen LogP contribution in [0.2, 0.25) is 0 Å². The lowest BCUT2D eigenvalue weighted by molar-refractivity contribution is 0.630. The Balaban J connectivity index is 3.02. The zero-order chi connectivity index (χ0) is 11.0. The maximum Gasteiger partial charge on any atom is 0.148 e. The van der Waals surface area contributed by atoms with Crippen molar-refractivity contribution in [2.45, 2.75) is 0 Å². The average molecular weight is 266 g/mol. The summed E-state index contributed by atoms with van der Waals surface area (Å²) in [5.74, 6) is -0.476. The van der Waals surface area contributed by atoms with E-state index in [2.05, 4.69) is 20.9 Å². The Labute approximate surface area is 93.5 Å². The highest BCUT2D eigenvalue weighted by molar-refractivity contribution is 9.10. The molecule has 0 radical (unpaired) electrons. The fourth-order valence-electron chi connectivity index (χ4n) is 1.43. The first-order chi connectivity index (χ1) is 7.13. The van der Waals surface area contributed by atoms with Crippen LogP contribution in [0.25, 0.3) is 10.8 Å². The summed E-state index contributed by atoms with van der Waals surface area (Å²) in [6.45, 7) is 0. The van der Waals surface area contributed by atoms with E-state index in [0.717, 1.165) is 0 Å². The second-order valence-electron chi connectivity index (χ2n) is 2.98. The van der Waals surface area contributed by atoms with Crippen molar-refractivity contribution in [3.8, 4) is 6.07 Å². The lowest BCUT2D eigenvalue weighted by Gasteiger charge is -2.05. The number of hydrogen-bond donors (Lipinski definition) is 1. The van der Waals surface area contributed by atoms with E-state index >= 15 is 0 Å². The second-order valence-corrected chi connectivity index (χ2v) is 3.84. The summed E-state index contributed by atoms with van der Waals surface area (Å²) in [5.41, 5.74) is 6.13. The van der Waals surface area contributed by atoms with E-state index in [0.29, 0.717) is 15.2 Å². The molecule has 1 heterocycles. The predicted molar refractivity (Wildman–Crippen MR) is 58.5 cm³/mol. The molecule has 0 fully saturated rings. The number of anilines is 1. The largest absolute Gasteiger partial charge is 0.398 e. The molecule has 5 heteroatoms. The number of rotatable bonds is 0. The van der Waals surface area contributed by atoms with Gasteiger partial charge in [-0.25, -0.2) is 9.37 Å². The van der Waals surface area contributed by atoms with Gasteiger partial charge in [-0.2, -0.15) is 5.26 Å². The Hall–Kier alpha value is -1.67. The van der Waals surface area contributed by atoms with E-state index in [4.69, 9.17) is 11.0 Å². The van der Waals surface area contributed by atoms with Gasteiger partial charge in [0.1, 0.15) is 17.6 Å². The van der Waals surface area contributed by atoms with Crippen LogP contribution in [0.3, 0.4) is 0 Å². The smallest absolute Gasteiger partial charge is 0.148 e. The first kappa shape index (κ1) is 9.87. The van der Waals surface area contributed by atoms with E-state index in [1.807, 2.05) is 6.07 Å². The van der Waals surface area contributed by atoms with Gasteiger partial charge < -0.3 is 5.73 Å². The SMILES string of the molecule is N#Cc1ncc(Br)c2c(N)cc(F)cc12. The van der Waals surface area contributed by atoms with Crippen molar-refractivity contribution in [2.24, 2.45) is 0 Å². The molecule has 1 aromatic heterocycles. The van der Waals surface area contributed by atoms with Crippen molar-refractivity contribution in [1.29, 1.82) is 5.26 Å². The van der Waals surface area contributed by atoms with Gasteiger partial charge in [0.05, 0.1) is 0 Å². The van der Waals surface area contributed by atoms with Gasteiger partial charge in [-0.15, -0.1) is 0 Å². The monoisotopic (exact) mass is 265 g/mol. The minimum absolute atomic E-state index is 0.166. The van der Waals surface area contributed by atoms with Gasteiger partial charge in [0.2, 0.25) is 0 Å². The van der Waals surface area contributed by atoms with Crippen molar-refractivity contribution in [1.82, 2.24) is 4.98 Å². The van der Waals surface area contributed by atoms with Crippen LogP contribution in [0.5, 0.6) is 0 Å². The number of hydrogen-bond acceptors (Lipinski definition) is 3. The molecule has 0 saturated carbocycles. The Morgan fingerprint density at radius 1 is 1.47 bits per heavy atom. The van der Waals surface area contributed by atoms with Crippen molar-refractivity contribution in [2.75, 3.05) is 5.73 Å². The summed E-state index contributed by atoms with van der Waals surface area (Å²) in [5, 5.41) is 9.85. The van der Waals surface area contributed by atoms with Gasteiger partial charge in [0, 0.05) is 27.1 Å². The highest BCUT2D eigenvalue weighted by atomic mass is 79.9. The van der Waals surface area contributed by atoms with Gasteiger partial charge in [-0.1, -0.05) is 0 Å². The summed E-state index contributed by atoms with van der Waals surface area (Å²) in [7, 11) is 0. The van der Waals surface area contributed by atoms with Gasteiger partial charge in [-0.3, -0.25) is 0 Å². The van der Waals surface area contributed by atoms with Gasteiger partial charge in [-0.05, 0) is 28.1 Å². The molecule has 3 nitrogen and oxygen atoms in total. The van der Waals surface area contributed by atoms with E-state index in [1.54, 1.807) is 0 Å². The summed E-state index contributed by atoms with van der Waals surface area (Å²) in [6, 6.07) is 4.37. The van der Waals surface area contributed by atoms with Gasteiger partial charge in [0.25, 0.3) is 0 Å². The molecule has 0 unspecified atom stereocenters. The molecule has 0 aliphatic rings. The van der Waals surface area contributed by atoms with E-state index in [1.165, 1.54) is 18.3 Å². The third kappa shape index (κ3) is 1.53. The van der Waals surface area contributed by atoms with E-state index in [9.17, 15) is 4.39 Å². The fourth-order valence-corrected chi connectivity index (χ4v) is 1.97. The van der Waals surface area contributed by atoms with Crippen molar-refractivity contribution < 1.29 is 4.39 Å². The topological polar surface area (TPSA) is 62.7 Å². The molecular weight excluding hydrogens is 261 g/mol. The molecule has 0 spiro atoms. The van der Waals surface area contributed by atoms with E-state index in [-0.39, 0.29) is 11.4 Å². The molecule has 0 atom stereocenters. The number of halogens is 2. The molecule has 1 aromatic carbocycles. The molecule has 0 aliphatic carbocycles. The number of nitrogen functional groups attached to an aromatic ring is 1. The van der Waals surface area contributed by atoms with Crippen LogP contribution in [-0.4, -0.2) is 4.98 Å². The number of benzene rings is 1. The minimum Gasteiger partial charge on any atom is -0.398 e. The van der Waals surface area contributed by atoms with Crippen LogP contribution < -0.4 is 5.73 Å². The van der Waals surface area contributed by atoms with Crippen molar-refractivity contribution >= 4 is 32.4 Å². The first-order valence-electron chi connectivity index (χ1n) is 4.07.